The molecule has 1 N–H and O–H groups in total. The van der Waals surface area contributed by atoms with Gasteiger partial charge in [-0.1, -0.05) is 0 Å². The van der Waals surface area contributed by atoms with Gasteiger partial charge in [-0.2, -0.15) is 5.10 Å². The van der Waals surface area contributed by atoms with Crippen LogP contribution in [0.3, 0.4) is 0 Å². The summed E-state index contributed by atoms with van der Waals surface area (Å²) in [5.74, 6) is 1.07. The van der Waals surface area contributed by atoms with Crippen LogP contribution in [0.1, 0.15) is 32.1 Å². The van der Waals surface area contributed by atoms with Gasteiger partial charge in [0.2, 0.25) is 0 Å². The molecule has 0 aliphatic heterocycles. The number of ether oxygens (including phenoxy) is 1. The molecule has 0 saturated carbocycles. The Labute approximate surface area is 97.2 Å². The predicted molar refractivity (Wildman–Crippen MR) is 63.5 cm³/mol. The van der Waals surface area contributed by atoms with E-state index in [0.717, 1.165) is 38.4 Å². The topological polar surface area (TPSA) is 52.0 Å². The second kappa shape index (κ2) is 7.35. The van der Waals surface area contributed by atoms with Gasteiger partial charge in [0.1, 0.15) is 12.2 Å². The minimum absolute atomic E-state index is 0.388. The molecular formula is C11H22N4O. The summed E-state index contributed by atoms with van der Waals surface area (Å²) in [6, 6.07) is 0.388. The number of hydrogen-bond acceptors (Lipinski definition) is 4. The number of aryl methyl sites for hydroxylation is 1. The van der Waals surface area contributed by atoms with E-state index in [0.29, 0.717) is 6.04 Å². The van der Waals surface area contributed by atoms with E-state index in [1.165, 1.54) is 0 Å². The lowest BCUT2D eigenvalue weighted by molar-refractivity contribution is 0.199. The summed E-state index contributed by atoms with van der Waals surface area (Å²) in [4.78, 5) is 4.27. The van der Waals surface area contributed by atoms with E-state index in [1.807, 2.05) is 4.68 Å². The van der Waals surface area contributed by atoms with Crippen molar-refractivity contribution in [2.75, 3.05) is 26.8 Å². The van der Waals surface area contributed by atoms with E-state index in [9.17, 15) is 0 Å². The third-order valence-corrected chi connectivity index (χ3v) is 2.37. The lowest BCUT2D eigenvalue weighted by Crippen LogP contribution is -2.21. The molecular weight excluding hydrogens is 204 g/mol. The van der Waals surface area contributed by atoms with Crippen molar-refractivity contribution in [1.82, 2.24) is 20.1 Å². The normalized spacial score (nSPS) is 11.2. The van der Waals surface area contributed by atoms with Gasteiger partial charge in [0.25, 0.3) is 0 Å². The van der Waals surface area contributed by atoms with Crippen LogP contribution in [0.5, 0.6) is 0 Å². The van der Waals surface area contributed by atoms with Crippen LogP contribution in [-0.2, 0) is 11.2 Å². The molecule has 5 heteroatoms. The van der Waals surface area contributed by atoms with Gasteiger partial charge in [0.15, 0.2) is 0 Å². The largest absolute Gasteiger partial charge is 0.383 e. The number of aromatic nitrogens is 3. The van der Waals surface area contributed by atoms with Crippen LogP contribution in [0.15, 0.2) is 6.33 Å². The summed E-state index contributed by atoms with van der Waals surface area (Å²) < 4.78 is 6.94. The Bertz CT molecular complexity index is 285. The molecule has 1 rings (SSSR count). The first-order chi connectivity index (χ1) is 7.75. The molecule has 5 nitrogen and oxygen atoms in total. The van der Waals surface area contributed by atoms with E-state index < -0.39 is 0 Å². The summed E-state index contributed by atoms with van der Waals surface area (Å²) in [7, 11) is 1.72. The highest BCUT2D eigenvalue weighted by molar-refractivity contribution is 4.86. The zero-order chi connectivity index (χ0) is 11.8. The molecule has 1 aromatic heterocycles. The van der Waals surface area contributed by atoms with Gasteiger partial charge in [-0.15, -0.1) is 0 Å². The van der Waals surface area contributed by atoms with Crippen molar-refractivity contribution in [3.63, 3.8) is 0 Å². The highest BCUT2D eigenvalue weighted by Gasteiger charge is 2.06. The third-order valence-electron chi connectivity index (χ3n) is 2.37. The number of methoxy groups -OCH3 is 1. The van der Waals surface area contributed by atoms with Crippen molar-refractivity contribution < 1.29 is 4.74 Å². The second-order valence-electron chi connectivity index (χ2n) is 4.06. The van der Waals surface area contributed by atoms with E-state index >= 15 is 0 Å². The number of hydrogen-bond donors (Lipinski definition) is 1. The summed E-state index contributed by atoms with van der Waals surface area (Å²) in [5.41, 5.74) is 0. The van der Waals surface area contributed by atoms with Crippen LogP contribution in [0.25, 0.3) is 0 Å². The highest BCUT2D eigenvalue weighted by atomic mass is 16.5. The molecule has 0 saturated heterocycles. The molecule has 0 spiro atoms. The molecule has 0 radical (unpaired) electrons. The van der Waals surface area contributed by atoms with Crippen LogP contribution < -0.4 is 5.32 Å². The first-order valence-corrected chi connectivity index (χ1v) is 5.83. The fraction of sp³-hybridized carbons (Fsp3) is 0.818. The third kappa shape index (κ3) is 4.28. The lowest BCUT2D eigenvalue weighted by atomic mass is 10.3. The van der Waals surface area contributed by atoms with Gasteiger partial charge in [0.05, 0.1) is 6.61 Å². The molecule has 0 bridgehead atoms. The van der Waals surface area contributed by atoms with Crippen LogP contribution in [-0.4, -0.2) is 41.6 Å². The number of nitrogens with zero attached hydrogens (tertiary/aromatic N) is 3. The molecule has 0 fully saturated rings. The molecule has 0 aliphatic carbocycles. The molecule has 1 heterocycles. The van der Waals surface area contributed by atoms with Crippen molar-refractivity contribution in [3.8, 4) is 0 Å². The van der Waals surface area contributed by atoms with Crippen molar-refractivity contribution in [2.24, 2.45) is 0 Å². The monoisotopic (exact) mass is 226 g/mol. The average Bonchev–Trinajstić information content (AvgIpc) is 2.71. The number of rotatable bonds is 8. The summed E-state index contributed by atoms with van der Waals surface area (Å²) in [5, 5.41) is 7.52. The van der Waals surface area contributed by atoms with Crippen LogP contribution in [0, 0.1) is 0 Å². The summed E-state index contributed by atoms with van der Waals surface area (Å²) in [6.45, 7) is 6.91. The van der Waals surface area contributed by atoms with Gasteiger partial charge >= 0.3 is 0 Å². The quantitative estimate of drug-likeness (QED) is 0.673. The van der Waals surface area contributed by atoms with Crippen LogP contribution >= 0.6 is 0 Å². The van der Waals surface area contributed by atoms with E-state index in [1.54, 1.807) is 13.4 Å². The minimum Gasteiger partial charge on any atom is -0.383 e. The predicted octanol–water partition coefficient (Wildman–Crippen LogP) is 1.03. The summed E-state index contributed by atoms with van der Waals surface area (Å²) >= 11 is 0. The highest BCUT2D eigenvalue weighted by Crippen LogP contribution is 2.06. The fourth-order valence-corrected chi connectivity index (χ4v) is 1.56. The van der Waals surface area contributed by atoms with Gasteiger partial charge in [0, 0.05) is 26.1 Å². The number of nitrogens with one attached hydrogen (secondary N) is 1. The van der Waals surface area contributed by atoms with Crippen LogP contribution in [0.2, 0.25) is 0 Å². The lowest BCUT2D eigenvalue weighted by Gasteiger charge is -2.09. The maximum absolute atomic E-state index is 4.96. The van der Waals surface area contributed by atoms with E-state index in [2.05, 4.69) is 29.2 Å². The van der Waals surface area contributed by atoms with Crippen LogP contribution in [0.4, 0.5) is 0 Å². The Kier molecular flexibility index (Phi) is 6.03. The maximum atomic E-state index is 4.96. The minimum atomic E-state index is 0.388. The van der Waals surface area contributed by atoms with Crippen molar-refractivity contribution >= 4 is 0 Å². The first-order valence-electron chi connectivity index (χ1n) is 5.83. The Hall–Kier alpha value is -0.940. The Morgan fingerprint density at radius 2 is 2.25 bits per heavy atom. The Balaban J connectivity index is 2.19. The van der Waals surface area contributed by atoms with Gasteiger partial charge in [-0.05, 0) is 26.8 Å². The van der Waals surface area contributed by atoms with Gasteiger partial charge in [-0.3, -0.25) is 0 Å². The van der Waals surface area contributed by atoms with E-state index in [-0.39, 0.29) is 0 Å². The molecule has 0 atom stereocenters. The molecule has 0 amide bonds. The average molecular weight is 226 g/mol. The van der Waals surface area contributed by atoms with Crippen molar-refractivity contribution in [2.45, 2.75) is 32.7 Å². The Morgan fingerprint density at radius 3 is 2.94 bits per heavy atom. The fourth-order valence-electron chi connectivity index (χ4n) is 1.56. The molecule has 1 aromatic rings. The van der Waals surface area contributed by atoms with Gasteiger partial charge < -0.3 is 10.1 Å². The second-order valence-corrected chi connectivity index (χ2v) is 4.06. The molecule has 0 aliphatic rings. The first kappa shape index (κ1) is 13.1. The molecule has 16 heavy (non-hydrogen) atoms. The maximum Gasteiger partial charge on any atom is 0.138 e. The zero-order valence-corrected chi connectivity index (χ0v) is 10.4. The Morgan fingerprint density at radius 1 is 1.44 bits per heavy atom. The smallest absolute Gasteiger partial charge is 0.138 e. The standard InChI is InChI=1S/C11H22N4O/c1-10(2)15-11(13-9-14-15)5-4-6-12-7-8-16-3/h9-10,12H,4-8H2,1-3H3. The SMILES string of the molecule is COCCNCCCc1ncnn1C(C)C. The molecule has 0 aromatic carbocycles. The zero-order valence-electron chi connectivity index (χ0n) is 10.4. The van der Waals surface area contributed by atoms with E-state index in [4.69, 9.17) is 4.74 Å². The van der Waals surface area contributed by atoms with Crippen molar-refractivity contribution in [1.29, 1.82) is 0 Å². The summed E-state index contributed by atoms with van der Waals surface area (Å²) in [6.07, 6.45) is 3.68. The van der Waals surface area contributed by atoms with Crippen molar-refractivity contribution in [3.05, 3.63) is 12.2 Å². The molecule has 92 valence electrons. The van der Waals surface area contributed by atoms with Gasteiger partial charge in [-0.25, -0.2) is 9.67 Å². The molecule has 0 unspecified atom stereocenters.